The van der Waals surface area contributed by atoms with Crippen LogP contribution in [-0.2, 0) is 6.61 Å². The molecule has 1 aromatic carbocycles. The first-order chi connectivity index (χ1) is 8.10. The van der Waals surface area contributed by atoms with Crippen LogP contribution in [0.4, 0.5) is 5.69 Å². The Morgan fingerprint density at radius 1 is 1.12 bits per heavy atom. The summed E-state index contributed by atoms with van der Waals surface area (Å²) >= 11 is 11.8. The maximum atomic E-state index is 9.14. The highest BCUT2D eigenvalue weighted by atomic mass is 35.5. The van der Waals surface area contributed by atoms with Gasteiger partial charge in [-0.1, -0.05) is 23.2 Å². The molecule has 0 saturated heterocycles. The van der Waals surface area contributed by atoms with Gasteiger partial charge in [0.15, 0.2) is 0 Å². The summed E-state index contributed by atoms with van der Waals surface area (Å²) in [7, 11) is 0. The molecule has 2 rings (SSSR count). The number of nitrogen functional groups attached to an aromatic ring is 1. The summed E-state index contributed by atoms with van der Waals surface area (Å²) in [6.07, 6.45) is 1.51. The first kappa shape index (κ1) is 12.2. The van der Waals surface area contributed by atoms with Gasteiger partial charge >= 0.3 is 0 Å². The first-order valence-electron chi connectivity index (χ1n) is 4.92. The molecule has 0 fully saturated rings. The molecule has 0 unspecified atom stereocenters. The molecule has 0 aliphatic carbocycles. The van der Waals surface area contributed by atoms with Gasteiger partial charge in [-0.3, -0.25) is 4.98 Å². The fraction of sp³-hybridized carbons (Fsp3) is 0.0833. The van der Waals surface area contributed by atoms with E-state index in [1.165, 1.54) is 6.20 Å². The summed E-state index contributed by atoms with van der Waals surface area (Å²) < 4.78 is 0. The first-order valence-corrected chi connectivity index (χ1v) is 5.67. The van der Waals surface area contributed by atoms with Crippen molar-refractivity contribution in [2.24, 2.45) is 0 Å². The normalized spacial score (nSPS) is 10.5. The highest BCUT2D eigenvalue weighted by Crippen LogP contribution is 2.27. The fourth-order valence-electron chi connectivity index (χ4n) is 1.50. The van der Waals surface area contributed by atoms with E-state index in [0.717, 1.165) is 5.56 Å². The zero-order valence-corrected chi connectivity index (χ0v) is 10.3. The van der Waals surface area contributed by atoms with Gasteiger partial charge in [-0.2, -0.15) is 0 Å². The molecule has 0 amide bonds. The van der Waals surface area contributed by atoms with Crippen molar-refractivity contribution in [3.05, 3.63) is 46.1 Å². The molecular formula is C12H10Cl2N2O. The van der Waals surface area contributed by atoms with Crippen molar-refractivity contribution in [3.8, 4) is 11.3 Å². The minimum atomic E-state index is -0.129. The van der Waals surface area contributed by atoms with E-state index in [9.17, 15) is 0 Å². The molecule has 5 heteroatoms. The lowest BCUT2D eigenvalue weighted by molar-refractivity contribution is 0.282. The molecule has 0 bridgehead atoms. The lowest BCUT2D eigenvalue weighted by Gasteiger charge is -2.06. The van der Waals surface area contributed by atoms with Crippen LogP contribution in [-0.4, -0.2) is 10.1 Å². The average Bonchev–Trinajstić information content (AvgIpc) is 2.28. The van der Waals surface area contributed by atoms with Crippen LogP contribution in [0.25, 0.3) is 11.3 Å². The van der Waals surface area contributed by atoms with Crippen molar-refractivity contribution in [2.75, 3.05) is 5.73 Å². The molecule has 0 saturated carbocycles. The number of aliphatic hydroxyl groups excluding tert-OH is 1. The molecule has 1 aromatic heterocycles. The molecule has 0 aliphatic heterocycles. The van der Waals surface area contributed by atoms with Gasteiger partial charge in [0, 0.05) is 21.2 Å². The molecule has 2 aromatic rings. The molecule has 88 valence electrons. The number of aromatic nitrogens is 1. The third-order valence-electron chi connectivity index (χ3n) is 2.35. The smallest absolute Gasteiger partial charge is 0.0708 e. The zero-order valence-electron chi connectivity index (χ0n) is 8.82. The number of benzene rings is 1. The van der Waals surface area contributed by atoms with E-state index < -0.39 is 0 Å². The minimum Gasteiger partial charge on any atom is -0.397 e. The van der Waals surface area contributed by atoms with Gasteiger partial charge in [-0.05, 0) is 24.3 Å². The predicted octanol–water partition coefficient (Wildman–Crippen LogP) is 3.13. The summed E-state index contributed by atoms with van der Waals surface area (Å²) in [6.45, 7) is -0.129. The summed E-state index contributed by atoms with van der Waals surface area (Å²) in [5, 5.41) is 10.2. The summed E-state index contributed by atoms with van der Waals surface area (Å²) in [5.74, 6) is 0. The van der Waals surface area contributed by atoms with E-state index in [4.69, 9.17) is 34.0 Å². The van der Waals surface area contributed by atoms with Crippen molar-refractivity contribution in [1.82, 2.24) is 4.98 Å². The SMILES string of the molecule is Nc1cnc(-c2cc(Cl)cc(Cl)c2)cc1CO. The van der Waals surface area contributed by atoms with Gasteiger partial charge in [0.25, 0.3) is 0 Å². The molecular weight excluding hydrogens is 259 g/mol. The molecule has 17 heavy (non-hydrogen) atoms. The summed E-state index contributed by atoms with van der Waals surface area (Å²) in [5.41, 5.74) is 8.22. The lowest BCUT2D eigenvalue weighted by Crippen LogP contribution is -1.96. The molecule has 0 spiro atoms. The van der Waals surface area contributed by atoms with Crippen molar-refractivity contribution >= 4 is 28.9 Å². The van der Waals surface area contributed by atoms with E-state index >= 15 is 0 Å². The van der Waals surface area contributed by atoms with Crippen molar-refractivity contribution in [2.45, 2.75) is 6.61 Å². The third kappa shape index (κ3) is 2.69. The fourth-order valence-corrected chi connectivity index (χ4v) is 2.03. The number of nitrogens with two attached hydrogens (primary N) is 1. The second-order valence-electron chi connectivity index (χ2n) is 3.58. The Hall–Kier alpha value is -1.29. The van der Waals surface area contributed by atoms with Crippen molar-refractivity contribution in [3.63, 3.8) is 0 Å². The van der Waals surface area contributed by atoms with Crippen molar-refractivity contribution < 1.29 is 5.11 Å². The lowest BCUT2D eigenvalue weighted by atomic mass is 10.1. The number of halogens is 2. The number of hydrogen-bond donors (Lipinski definition) is 2. The van der Waals surface area contributed by atoms with Gasteiger partial charge in [0.2, 0.25) is 0 Å². The third-order valence-corrected chi connectivity index (χ3v) is 2.79. The number of aliphatic hydroxyl groups is 1. The van der Waals surface area contributed by atoms with E-state index in [-0.39, 0.29) is 6.61 Å². The van der Waals surface area contributed by atoms with Crippen LogP contribution in [0.15, 0.2) is 30.5 Å². The van der Waals surface area contributed by atoms with E-state index in [1.807, 2.05) is 0 Å². The summed E-state index contributed by atoms with van der Waals surface area (Å²) in [6, 6.07) is 6.88. The maximum absolute atomic E-state index is 9.14. The van der Waals surface area contributed by atoms with E-state index in [2.05, 4.69) is 4.98 Å². The number of anilines is 1. The Labute approximate surface area is 109 Å². The second-order valence-corrected chi connectivity index (χ2v) is 4.46. The monoisotopic (exact) mass is 268 g/mol. The van der Waals surface area contributed by atoms with Crippen LogP contribution >= 0.6 is 23.2 Å². The van der Waals surface area contributed by atoms with Gasteiger partial charge in [0.05, 0.1) is 24.2 Å². The molecule has 0 radical (unpaired) electrons. The van der Waals surface area contributed by atoms with Crippen LogP contribution in [0.1, 0.15) is 5.56 Å². The Balaban J connectivity index is 2.52. The largest absolute Gasteiger partial charge is 0.397 e. The number of pyridine rings is 1. The number of nitrogens with zero attached hydrogens (tertiary/aromatic N) is 1. The van der Waals surface area contributed by atoms with Gasteiger partial charge in [-0.15, -0.1) is 0 Å². The van der Waals surface area contributed by atoms with Gasteiger partial charge < -0.3 is 10.8 Å². The van der Waals surface area contributed by atoms with E-state index in [0.29, 0.717) is 27.0 Å². The molecule has 0 atom stereocenters. The van der Waals surface area contributed by atoms with E-state index in [1.54, 1.807) is 24.3 Å². The Morgan fingerprint density at radius 3 is 2.35 bits per heavy atom. The van der Waals surface area contributed by atoms with Crippen LogP contribution < -0.4 is 5.73 Å². The highest BCUT2D eigenvalue weighted by Gasteiger charge is 2.06. The average molecular weight is 269 g/mol. The minimum absolute atomic E-state index is 0.129. The Bertz CT molecular complexity index is 538. The molecule has 0 aliphatic rings. The topological polar surface area (TPSA) is 59.1 Å². The van der Waals surface area contributed by atoms with Crippen LogP contribution in [0.3, 0.4) is 0 Å². The molecule has 3 nitrogen and oxygen atoms in total. The van der Waals surface area contributed by atoms with Crippen LogP contribution in [0.5, 0.6) is 0 Å². The molecule has 1 heterocycles. The van der Waals surface area contributed by atoms with Gasteiger partial charge in [-0.25, -0.2) is 0 Å². The number of hydrogen-bond acceptors (Lipinski definition) is 3. The van der Waals surface area contributed by atoms with Crippen LogP contribution in [0.2, 0.25) is 10.0 Å². The summed E-state index contributed by atoms with van der Waals surface area (Å²) in [4.78, 5) is 4.19. The second kappa shape index (κ2) is 4.92. The van der Waals surface area contributed by atoms with Crippen molar-refractivity contribution in [1.29, 1.82) is 0 Å². The predicted molar refractivity (Wildman–Crippen MR) is 70.0 cm³/mol. The molecule has 3 N–H and O–H groups in total. The standard InChI is InChI=1S/C12H10Cl2N2O/c13-9-1-7(2-10(14)4-9)12-3-8(6-17)11(15)5-16-12/h1-5,17H,6,15H2. The van der Waals surface area contributed by atoms with Gasteiger partial charge in [0.1, 0.15) is 0 Å². The Kier molecular flexibility index (Phi) is 3.52. The maximum Gasteiger partial charge on any atom is 0.0708 e. The highest BCUT2D eigenvalue weighted by molar-refractivity contribution is 6.35. The Morgan fingerprint density at radius 2 is 1.76 bits per heavy atom. The zero-order chi connectivity index (χ0) is 12.4. The number of rotatable bonds is 2. The quantitative estimate of drug-likeness (QED) is 0.880. The van der Waals surface area contributed by atoms with Crippen LogP contribution in [0, 0.1) is 0 Å².